The maximum atomic E-state index is 12.1. The molecule has 0 aromatic heterocycles. The van der Waals surface area contributed by atoms with Crippen molar-refractivity contribution in [3.05, 3.63) is 107 Å². The van der Waals surface area contributed by atoms with Crippen LogP contribution in [0, 0.1) is 0 Å². The van der Waals surface area contributed by atoms with Crippen LogP contribution in [0.2, 0.25) is 0 Å². The highest BCUT2D eigenvalue weighted by atomic mass is 16.6. The fourth-order valence-electron chi connectivity index (χ4n) is 4.59. The average Bonchev–Trinajstić information content (AvgIpc) is 3.06. The van der Waals surface area contributed by atoms with Gasteiger partial charge < -0.3 is 28.4 Å². The SMILES string of the molecule is CCOC(=O)C(Cc1ccc(OC/C=C/c2cccc(/C=C/COc3ccc(CC(OCC)C(=O)OCC)cc3)c2)cc1)OCC. The van der Waals surface area contributed by atoms with Crippen LogP contribution < -0.4 is 9.47 Å². The van der Waals surface area contributed by atoms with E-state index in [-0.39, 0.29) is 11.9 Å². The van der Waals surface area contributed by atoms with Crippen LogP contribution in [0.25, 0.3) is 12.2 Å². The third-order valence-electron chi connectivity index (χ3n) is 6.75. The first-order valence-electron chi connectivity index (χ1n) is 15.9. The molecule has 0 radical (unpaired) electrons. The van der Waals surface area contributed by atoms with Gasteiger partial charge in [0, 0.05) is 26.1 Å². The van der Waals surface area contributed by atoms with E-state index in [9.17, 15) is 9.59 Å². The lowest BCUT2D eigenvalue weighted by Crippen LogP contribution is -2.28. The molecule has 0 spiro atoms. The molecule has 246 valence electrons. The van der Waals surface area contributed by atoms with Crippen LogP contribution in [0.5, 0.6) is 11.5 Å². The van der Waals surface area contributed by atoms with Gasteiger partial charge in [-0.1, -0.05) is 54.6 Å². The monoisotopic (exact) mass is 630 g/mol. The van der Waals surface area contributed by atoms with Gasteiger partial charge in [-0.2, -0.15) is 0 Å². The lowest BCUT2D eigenvalue weighted by molar-refractivity contribution is -0.157. The van der Waals surface area contributed by atoms with Crippen molar-refractivity contribution < 1.29 is 38.0 Å². The smallest absolute Gasteiger partial charge is 0.335 e. The Labute approximate surface area is 272 Å². The number of carbonyl (C=O) groups excluding carboxylic acids is 2. The first-order valence-corrected chi connectivity index (χ1v) is 15.9. The summed E-state index contributed by atoms with van der Waals surface area (Å²) in [6.45, 7) is 9.68. The summed E-state index contributed by atoms with van der Waals surface area (Å²) in [5.41, 5.74) is 4.07. The molecule has 0 bridgehead atoms. The van der Waals surface area contributed by atoms with Crippen molar-refractivity contribution in [1.82, 2.24) is 0 Å². The molecule has 0 saturated carbocycles. The normalized spacial score (nSPS) is 12.6. The molecular formula is C38H46O8. The van der Waals surface area contributed by atoms with E-state index in [0.29, 0.717) is 52.5 Å². The molecule has 0 aliphatic carbocycles. The van der Waals surface area contributed by atoms with E-state index >= 15 is 0 Å². The van der Waals surface area contributed by atoms with E-state index in [2.05, 4.69) is 6.07 Å². The number of ether oxygens (including phenoxy) is 6. The minimum absolute atomic E-state index is 0.328. The van der Waals surface area contributed by atoms with Crippen LogP contribution >= 0.6 is 0 Å². The zero-order valence-electron chi connectivity index (χ0n) is 27.3. The summed E-state index contributed by atoms with van der Waals surface area (Å²) in [4.78, 5) is 24.2. The average molecular weight is 631 g/mol. The Morgan fingerprint density at radius 2 is 1.00 bits per heavy atom. The highest BCUT2D eigenvalue weighted by Gasteiger charge is 2.21. The summed E-state index contributed by atoms with van der Waals surface area (Å²) in [5.74, 6) is 0.809. The van der Waals surface area contributed by atoms with Crippen LogP contribution in [0.3, 0.4) is 0 Å². The Balaban J connectivity index is 1.43. The lowest BCUT2D eigenvalue weighted by atomic mass is 10.1. The fraction of sp³-hybridized carbons (Fsp3) is 0.368. The van der Waals surface area contributed by atoms with Crippen LogP contribution in [0.4, 0.5) is 0 Å². The predicted octanol–water partition coefficient (Wildman–Crippen LogP) is 6.89. The number of hydrogen-bond acceptors (Lipinski definition) is 8. The van der Waals surface area contributed by atoms with Gasteiger partial charge in [-0.15, -0.1) is 0 Å². The molecule has 8 heteroatoms. The number of hydrogen-bond donors (Lipinski definition) is 0. The summed E-state index contributed by atoms with van der Waals surface area (Å²) < 4.78 is 33.1. The summed E-state index contributed by atoms with van der Waals surface area (Å²) in [7, 11) is 0. The number of rotatable bonds is 20. The van der Waals surface area contributed by atoms with Gasteiger partial charge >= 0.3 is 11.9 Å². The standard InChI is InChI=1S/C38H46O8/c1-5-41-35(37(39)43-7-3)27-31-16-20-33(21-17-31)45-24-10-14-29-12-9-13-30(26-29)15-11-25-46-34-22-18-32(19-23-34)28-36(42-6-2)38(40)44-8-4/h9-23,26,35-36H,5-8,24-25,27-28H2,1-4H3/b14-10+,15-11+. The summed E-state index contributed by atoms with van der Waals surface area (Å²) in [6, 6.07) is 23.5. The molecule has 3 aromatic rings. The van der Waals surface area contributed by atoms with Crippen molar-refractivity contribution in [3.63, 3.8) is 0 Å². The van der Waals surface area contributed by atoms with Crippen molar-refractivity contribution in [2.75, 3.05) is 39.6 Å². The molecule has 46 heavy (non-hydrogen) atoms. The van der Waals surface area contributed by atoms with Crippen LogP contribution in [0.15, 0.2) is 84.9 Å². The third kappa shape index (κ3) is 12.9. The van der Waals surface area contributed by atoms with Gasteiger partial charge in [0.25, 0.3) is 0 Å². The molecule has 0 N–H and O–H groups in total. The van der Waals surface area contributed by atoms with Crippen LogP contribution in [0.1, 0.15) is 49.9 Å². The summed E-state index contributed by atoms with van der Waals surface area (Å²) in [5, 5.41) is 0. The summed E-state index contributed by atoms with van der Waals surface area (Å²) in [6.07, 6.45) is 7.67. The molecule has 0 fully saturated rings. The molecular weight excluding hydrogens is 584 g/mol. The molecule has 0 aliphatic rings. The molecule has 0 aliphatic heterocycles. The predicted molar refractivity (Wildman–Crippen MR) is 180 cm³/mol. The maximum Gasteiger partial charge on any atom is 0.335 e. The lowest BCUT2D eigenvalue weighted by Gasteiger charge is -2.15. The minimum Gasteiger partial charge on any atom is -0.490 e. The van der Waals surface area contributed by atoms with Gasteiger partial charge in [-0.05, 0) is 92.4 Å². The first kappa shape index (κ1) is 36.1. The number of benzene rings is 3. The van der Waals surface area contributed by atoms with Gasteiger partial charge in [0.05, 0.1) is 13.2 Å². The van der Waals surface area contributed by atoms with Crippen molar-refractivity contribution in [1.29, 1.82) is 0 Å². The van der Waals surface area contributed by atoms with Crippen molar-refractivity contribution >= 4 is 24.1 Å². The van der Waals surface area contributed by atoms with Gasteiger partial charge in [0.2, 0.25) is 0 Å². The second kappa shape index (κ2) is 20.6. The Hall–Kier alpha value is -4.40. The largest absolute Gasteiger partial charge is 0.490 e. The Kier molecular flexibility index (Phi) is 16.2. The molecule has 0 amide bonds. The fourth-order valence-corrected chi connectivity index (χ4v) is 4.59. The van der Waals surface area contributed by atoms with E-state index in [1.165, 1.54) is 0 Å². The van der Waals surface area contributed by atoms with E-state index in [0.717, 1.165) is 33.8 Å². The molecule has 0 heterocycles. The number of carbonyl (C=O) groups is 2. The quantitative estimate of drug-likeness (QED) is 0.125. The van der Waals surface area contributed by atoms with Crippen molar-refractivity contribution in [2.24, 2.45) is 0 Å². The number of esters is 2. The minimum atomic E-state index is -0.610. The van der Waals surface area contributed by atoms with Crippen LogP contribution in [-0.4, -0.2) is 63.8 Å². The van der Waals surface area contributed by atoms with Gasteiger partial charge in [-0.25, -0.2) is 9.59 Å². The molecule has 2 atom stereocenters. The van der Waals surface area contributed by atoms with E-state index in [4.69, 9.17) is 28.4 Å². The second-order valence-corrected chi connectivity index (χ2v) is 10.2. The molecule has 2 unspecified atom stereocenters. The summed E-state index contributed by atoms with van der Waals surface area (Å²) >= 11 is 0. The van der Waals surface area contributed by atoms with Crippen molar-refractivity contribution in [2.45, 2.75) is 52.7 Å². The maximum absolute atomic E-state index is 12.1. The zero-order valence-corrected chi connectivity index (χ0v) is 27.3. The van der Waals surface area contributed by atoms with E-state index < -0.39 is 12.2 Å². The topological polar surface area (TPSA) is 89.5 Å². The Morgan fingerprint density at radius 3 is 1.37 bits per heavy atom. The molecule has 8 nitrogen and oxygen atoms in total. The van der Waals surface area contributed by atoms with Crippen LogP contribution in [-0.2, 0) is 41.4 Å². The van der Waals surface area contributed by atoms with Gasteiger partial charge in [-0.3, -0.25) is 0 Å². The highest BCUT2D eigenvalue weighted by Crippen LogP contribution is 2.17. The van der Waals surface area contributed by atoms with Crippen molar-refractivity contribution in [3.8, 4) is 11.5 Å². The van der Waals surface area contributed by atoms with Gasteiger partial charge in [0.1, 0.15) is 24.7 Å². The van der Waals surface area contributed by atoms with E-state index in [1.807, 2.05) is 105 Å². The zero-order chi connectivity index (χ0) is 33.0. The highest BCUT2D eigenvalue weighted by molar-refractivity contribution is 5.75. The Bertz CT molecular complexity index is 1280. The second-order valence-electron chi connectivity index (χ2n) is 10.2. The third-order valence-corrected chi connectivity index (χ3v) is 6.75. The molecule has 3 aromatic carbocycles. The molecule has 0 saturated heterocycles. The van der Waals surface area contributed by atoms with Gasteiger partial charge in [0.15, 0.2) is 12.2 Å². The Morgan fingerprint density at radius 1 is 0.587 bits per heavy atom. The van der Waals surface area contributed by atoms with E-state index in [1.54, 1.807) is 13.8 Å². The molecule has 3 rings (SSSR count). The first-order chi connectivity index (χ1) is 22.4.